The van der Waals surface area contributed by atoms with Crippen molar-refractivity contribution in [1.82, 2.24) is 9.88 Å². The van der Waals surface area contributed by atoms with Crippen LogP contribution >= 0.6 is 0 Å². The van der Waals surface area contributed by atoms with Crippen molar-refractivity contribution in [2.45, 2.75) is 39.3 Å². The molecule has 1 amide bonds. The summed E-state index contributed by atoms with van der Waals surface area (Å²) in [6.45, 7) is 6.19. The zero-order chi connectivity index (χ0) is 18.8. The molecule has 27 heavy (non-hydrogen) atoms. The van der Waals surface area contributed by atoms with E-state index in [1.165, 1.54) is 5.56 Å². The predicted molar refractivity (Wildman–Crippen MR) is 108 cm³/mol. The number of fused-ring (bicyclic) bond motifs is 1. The number of aryl methyl sites for hydroxylation is 2. The van der Waals surface area contributed by atoms with Gasteiger partial charge in [-0.15, -0.1) is 0 Å². The van der Waals surface area contributed by atoms with E-state index in [4.69, 9.17) is 4.74 Å². The van der Waals surface area contributed by atoms with E-state index in [1.807, 2.05) is 41.3 Å². The van der Waals surface area contributed by atoms with Crippen LogP contribution in [0, 0.1) is 13.8 Å². The van der Waals surface area contributed by atoms with Crippen molar-refractivity contribution in [3.63, 3.8) is 0 Å². The summed E-state index contributed by atoms with van der Waals surface area (Å²) in [5.74, 6) is 0.0644. The normalized spacial score (nSPS) is 16.7. The van der Waals surface area contributed by atoms with Crippen LogP contribution < -0.4 is 0 Å². The number of nitrogens with one attached hydrogen (secondary N) is 1. The minimum atomic E-state index is 0.0644. The number of ether oxygens (including phenoxy) is 1. The van der Waals surface area contributed by atoms with Gasteiger partial charge < -0.3 is 14.6 Å². The molecule has 2 heterocycles. The zero-order valence-electron chi connectivity index (χ0n) is 16.0. The lowest BCUT2D eigenvalue weighted by Gasteiger charge is -2.26. The Morgan fingerprint density at radius 3 is 2.74 bits per heavy atom. The largest absolute Gasteiger partial charge is 0.376 e. The average Bonchev–Trinajstić information content (AvgIpc) is 3.30. The first-order valence-corrected chi connectivity index (χ1v) is 9.65. The average molecular weight is 362 g/mol. The van der Waals surface area contributed by atoms with Gasteiger partial charge in [0.15, 0.2) is 0 Å². The molecule has 1 aliphatic heterocycles. The number of rotatable bonds is 5. The lowest BCUT2D eigenvalue weighted by Crippen LogP contribution is -2.37. The molecule has 0 spiro atoms. The van der Waals surface area contributed by atoms with E-state index in [2.05, 4.69) is 31.0 Å². The van der Waals surface area contributed by atoms with Crippen LogP contribution in [0.2, 0.25) is 0 Å². The van der Waals surface area contributed by atoms with Crippen molar-refractivity contribution >= 4 is 16.8 Å². The fourth-order valence-electron chi connectivity index (χ4n) is 3.83. The van der Waals surface area contributed by atoms with Gasteiger partial charge in [0.25, 0.3) is 5.91 Å². The number of H-pyrrole nitrogens is 1. The van der Waals surface area contributed by atoms with Crippen LogP contribution in [0.1, 0.15) is 40.0 Å². The van der Waals surface area contributed by atoms with Gasteiger partial charge >= 0.3 is 0 Å². The molecular weight excluding hydrogens is 336 g/mol. The highest BCUT2D eigenvalue weighted by atomic mass is 16.5. The number of carbonyl (C=O) groups excluding carboxylic acids is 1. The van der Waals surface area contributed by atoms with Crippen LogP contribution in [0.25, 0.3) is 10.9 Å². The molecule has 3 aromatic rings. The van der Waals surface area contributed by atoms with E-state index in [0.29, 0.717) is 13.1 Å². The molecule has 0 saturated carbocycles. The van der Waals surface area contributed by atoms with Gasteiger partial charge in [-0.1, -0.05) is 30.3 Å². The van der Waals surface area contributed by atoms with E-state index in [9.17, 15) is 4.79 Å². The maximum atomic E-state index is 13.4. The summed E-state index contributed by atoms with van der Waals surface area (Å²) in [7, 11) is 0. The molecule has 140 valence electrons. The minimum Gasteiger partial charge on any atom is -0.376 e. The number of aromatic nitrogens is 1. The molecule has 1 saturated heterocycles. The third-order valence-electron chi connectivity index (χ3n) is 5.51. The molecule has 1 atom stereocenters. The van der Waals surface area contributed by atoms with Crippen LogP contribution in [0.3, 0.4) is 0 Å². The van der Waals surface area contributed by atoms with E-state index in [0.717, 1.165) is 47.2 Å². The van der Waals surface area contributed by atoms with E-state index in [-0.39, 0.29) is 12.0 Å². The maximum Gasteiger partial charge on any atom is 0.254 e. The fourth-order valence-corrected chi connectivity index (χ4v) is 3.83. The molecule has 1 fully saturated rings. The number of nitrogens with zero attached hydrogens (tertiary/aromatic N) is 1. The van der Waals surface area contributed by atoms with Crippen molar-refractivity contribution in [3.8, 4) is 0 Å². The van der Waals surface area contributed by atoms with Crippen molar-refractivity contribution < 1.29 is 9.53 Å². The highest BCUT2D eigenvalue weighted by Gasteiger charge is 2.24. The van der Waals surface area contributed by atoms with Crippen molar-refractivity contribution in [3.05, 3.63) is 70.9 Å². The SMILES string of the molecule is Cc1[nH]c2ccc(C(=O)N(Cc3ccccc3)CC3CCCO3)cc2c1C. The van der Waals surface area contributed by atoms with Crippen molar-refractivity contribution in [2.75, 3.05) is 13.2 Å². The summed E-state index contributed by atoms with van der Waals surface area (Å²) in [5.41, 5.74) is 5.30. The summed E-state index contributed by atoms with van der Waals surface area (Å²) in [6, 6.07) is 16.1. The molecule has 0 radical (unpaired) electrons. The number of hydrogen-bond acceptors (Lipinski definition) is 2. The Labute approximate surface area is 160 Å². The van der Waals surface area contributed by atoms with Crippen LogP contribution in [0.5, 0.6) is 0 Å². The quantitative estimate of drug-likeness (QED) is 0.721. The van der Waals surface area contributed by atoms with Gasteiger partial charge in [0.1, 0.15) is 0 Å². The van der Waals surface area contributed by atoms with Gasteiger partial charge in [0.05, 0.1) is 6.10 Å². The number of hydrogen-bond donors (Lipinski definition) is 1. The monoisotopic (exact) mass is 362 g/mol. The standard InChI is InChI=1S/C23H26N2O2/c1-16-17(2)24-22-11-10-19(13-21(16)22)23(26)25(15-20-9-6-12-27-20)14-18-7-4-3-5-8-18/h3-5,7-8,10-11,13,20,24H,6,9,12,14-15H2,1-2H3. The highest BCUT2D eigenvalue weighted by Crippen LogP contribution is 2.24. The Morgan fingerprint density at radius 2 is 2.00 bits per heavy atom. The molecule has 2 aromatic carbocycles. The molecule has 1 N–H and O–H groups in total. The Balaban J connectivity index is 1.63. The summed E-state index contributed by atoms with van der Waals surface area (Å²) in [6.07, 6.45) is 2.23. The lowest BCUT2D eigenvalue weighted by atomic mass is 10.1. The van der Waals surface area contributed by atoms with Gasteiger partial charge in [-0.25, -0.2) is 0 Å². The number of carbonyl (C=O) groups is 1. The molecule has 4 nitrogen and oxygen atoms in total. The van der Waals surface area contributed by atoms with Gasteiger partial charge in [-0.05, 0) is 56.0 Å². The van der Waals surface area contributed by atoms with Crippen molar-refractivity contribution in [2.24, 2.45) is 0 Å². The first kappa shape index (κ1) is 17.8. The lowest BCUT2D eigenvalue weighted by molar-refractivity contribution is 0.0507. The molecule has 0 bridgehead atoms. The van der Waals surface area contributed by atoms with Crippen LogP contribution in [-0.2, 0) is 11.3 Å². The predicted octanol–water partition coefficient (Wildman–Crippen LogP) is 4.61. The van der Waals surface area contributed by atoms with Crippen LogP contribution in [0.15, 0.2) is 48.5 Å². The molecule has 4 rings (SSSR count). The third kappa shape index (κ3) is 3.76. The molecule has 1 unspecified atom stereocenters. The second-order valence-electron chi connectivity index (χ2n) is 7.44. The topological polar surface area (TPSA) is 45.3 Å². The first-order valence-electron chi connectivity index (χ1n) is 9.65. The smallest absolute Gasteiger partial charge is 0.254 e. The van der Waals surface area contributed by atoms with Gasteiger partial charge in [0.2, 0.25) is 0 Å². The fraction of sp³-hybridized carbons (Fsp3) is 0.348. The zero-order valence-corrected chi connectivity index (χ0v) is 16.0. The second kappa shape index (κ2) is 7.57. The molecule has 4 heteroatoms. The summed E-state index contributed by atoms with van der Waals surface area (Å²) < 4.78 is 5.80. The van der Waals surface area contributed by atoms with Crippen molar-refractivity contribution in [1.29, 1.82) is 0 Å². The third-order valence-corrected chi connectivity index (χ3v) is 5.51. The number of benzene rings is 2. The first-order chi connectivity index (χ1) is 13.1. The minimum absolute atomic E-state index is 0.0644. The summed E-state index contributed by atoms with van der Waals surface area (Å²) in [5, 5.41) is 1.12. The Hall–Kier alpha value is -2.59. The summed E-state index contributed by atoms with van der Waals surface area (Å²) >= 11 is 0. The Kier molecular flexibility index (Phi) is 4.99. The number of amides is 1. The molecule has 1 aliphatic rings. The van der Waals surface area contributed by atoms with Gasteiger partial charge in [-0.3, -0.25) is 4.79 Å². The maximum absolute atomic E-state index is 13.4. The highest BCUT2D eigenvalue weighted by molar-refractivity contribution is 5.99. The molecular formula is C23H26N2O2. The van der Waals surface area contributed by atoms with Crippen LogP contribution in [-0.4, -0.2) is 35.0 Å². The Bertz CT molecular complexity index is 940. The molecule has 0 aliphatic carbocycles. The van der Waals surface area contributed by atoms with E-state index in [1.54, 1.807) is 0 Å². The summed E-state index contributed by atoms with van der Waals surface area (Å²) in [4.78, 5) is 18.7. The molecule has 1 aromatic heterocycles. The second-order valence-corrected chi connectivity index (χ2v) is 7.44. The number of aromatic amines is 1. The van der Waals surface area contributed by atoms with E-state index >= 15 is 0 Å². The Morgan fingerprint density at radius 1 is 1.19 bits per heavy atom. The van der Waals surface area contributed by atoms with Gasteiger partial charge in [-0.2, -0.15) is 0 Å². The van der Waals surface area contributed by atoms with Gasteiger partial charge in [0, 0.05) is 41.9 Å². The van der Waals surface area contributed by atoms with Crippen LogP contribution in [0.4, 0.5) is 0 Å². The van der Waals surface area contributed by atoms with E-state index < -0.39 is 0 Å².